The van der Waals surface area contributed by atoms with Crippen molar-refractivity contribution in [2.24, 2.45) is 5.41 Å². The molecular weight excluding hydrogens is 212 g/mol. The fourth-order valence-corrected chi connectivity index (χ4v) is 1.73. The van der Waals surface area contributed by atoms with Crippen molar-refractivity contribution in [2.75, 3.05) is 0 Å². The van der Waals surface area contributed by atoms with Gasteiger partial charge in [0.2, 0.25) is 0 Å². The van der Waals surface area contributed by atoms with Gasteiger partial charge in [0.25, 0.3) is 0 Å². The molecule has 88 valence electrons. The minimum absolute atomic E-state index is 0.124. The summed E-state index contributed by atoms with van der Waals surface area (Å²) in [4.78, 5) is 22.8. The maximum Gasteiger partial charge on any atom is 0.317 e. The van der Waals surface area contributed by atoms with E-state index in [-0.39, 0.29) is 22.4 Å². The molecule has 1 unspecified atom stereocenters. The molecule has 1 atom stereocenters. The molecule has 0 aromatic rings. The van der Waals surface area contributed by atoms with Crippen LogP contribution in [0, 0.1) is 5.41 Å². The van der Waals surface area contributed by atoms with Crippen molar-refractivity contribution in [3.05, 3.63) is 0 Å². The van der Waals surface area contributed by atoms with E-state index in [0.29, 0.717) is 6.42 Å². The number of carbonyl (C=O) groups is 2. The first-order chi connectivity index (χ1) is 6.85. The Balaban J connectivity index is 4.16. The summed E-state index contributed by atoms with van der Waals surface area (Å²) in [5.74, 6) is -0.159. The number of ketones is 1. The molecule has 0 aromatic carbocycles. The van der Waals surface area contributed by atoms with Crippen LogP contribution >= 0.6 is 12.0 Å². The number of hydrogen-bond acceptors (Lipinski definition) is 4. The predicted molar refractivity (Wildman–Crippen MR) is 62.5 cm³/mol. The minimum Gasteiger partial charge on any atom is -0.391 e. The fourth-order valence-electron chi connectivity index (χ4n) is 0.953. The van der Waals surface area contributed by atoms with Crippen LogP contribution in [0.4, 0.5) is 0 Å². The first-order valence-corrected chi connectivity index (χ1v) is 6.06. The second-order valence-electron chi connectivity index (χ2n) is 4.15. The van der Waals surface area contributed by atoms with Crippen LogP contribution in [-0.2, 0) is 13.8 Å². The summed E-state index contributed by atoms with van der Waals surface area (Å²) in [5.41, 5.74) is -0.342. The molecule has 3 nitrogen and oxygen atoms in total. The van der Waals surface area contributed by atoms with E-state index < -0.39 is 0 Å². The van der Waals surface area contributed by atoms with Gasteiger partial charge in [0.15, 0.2) is 5.78 Å². The van der Waals surface area contributed by atoms with Gasteiger partial charge in [0, 0.05) is 11.8 Å². The minimum atomic E-state index is -0.342. The number of rotatable bonds is 6. The molecule has 0 fully saturated rings. The average Bonchev–Trinajstić information content (AvgIpc) is 2.23. The van der Waals surface area contributed by atoms with Crippen molar-refractivity contribution < 1.29 is 13.8 Å². The Morgan fingerprint density at radius 3 is 2.27 bits per heavy atom. The molecule has 0 radical (unpaired) electrons. The van der Waals surface area contributed by atoms with Crippen LogP contribution in [0.1, 0.15) is 47.5 Å². The van der Waals surface area contributed by atoms with E-state index >= 15 is 0 Å². The molecule has 0 spiro atoms. The van der Waals surface area contributed by atoms with E-state index in [1.807, 2.05) is 20.8 Å². The topological polar surface area (TPSA) is 43.4 Å². The quantitative estimate of drug-likeness (QED) is 0.660. The monoisotopic (exact) mass is 232 g/mol. The number of Topliss-reactive ketones (excluding diaryl/α,β-unsaturated/α-hetero) is 1. The zero-order chi connectivity index (χ0) is 12.1. The SMILES string of the molecule is CCC(=O)OSC(C)C(=O)C(C)(C)CC. The van der Waals surface area contributed by atoms with Crippen molar-refractivity contribution in [1.29, 1.82) is 0 Å². The highest BCUT2D eigenvalue weighted by atomic mass is 32.2. The van der Waals surface area contributed by atoms with E-state index in [1.54, 1.807) is 13.8 Å². The molecule has 15 heavy (non-hydrogen) atoms. The third kappa shape index (κ3) is 4.69. The zero-order valence-corrected chi connectivity index (χ0v) is 10.9. The zero-order valence-electron chi connectivity index (χ0n) is 10.1. The highest BCUT2D eigenvalue weighted by Crippen LogP contribution is 2.28. The highest BCUT2D eigenvalue weighted by molar-refractivity contribution is 7.96. The molecule has 0 aliphatic heterocycles. The molecule has 0 saturated carbocycles. The van der Waals surface area contributed by atoms with E-state index in [9.17, 15) is 9.59 Å². The molecule has 0 bridgehead atoms. The largest absolute Gasteiger partial charge is 0.391 e. The summed E-state index contributed by atoms with van der Waals surface area (Å²) in [6, 6.07) is 0. The van der Waals surface area contributed by atoms with Crippen molar-refractivity contribution in [2.45, 2.75) is 52.7 Å². The van der Waals surface area contributed by atoms with Gasteiger partial charge in [-0.05, 0) is 13.3 Å². The van der Waals surface area contributed by atoms with Gasteiger partial charge in [-0.2, -0.15) is 0 Å². The van der Waals surface area contributed by atoms with Gasteiger partial charge in [-0.25, -0.2) is 0 Å². The molecule has 0 amide bonds. The van der Waals surface area contributed by atoms with Crippen LogP contribution in [0.25, 0.3) is 0 Å². The van der Waals surface area contributed by atoms with Gasteiger partial charge in [0.1, 0.15) is 0 Å². The highest BCUT2D eigenvalue weighted by Gasteiger charge is 2.31. The Hall–Kier alpha value is -0.510. The number of hydrogen-bond donors (Lipinski definition) is 0. The smallest absolute Gasteiger partial charge is 0.317 e. The van der Waals surface area contributed by atoms with E-state index in [0.717, 1.165) is 18.5 Å². The van der Waals surface area contributed by atoms with Crippen LogP contribution in [0.15, 0.2) is 0 Å². The van der Waals surface area contributed by atoms with Crippen LogP contribution in [0.3, 0.4) is 0 Å². The molecule has 0 aromatic heterocycles. The normalized spacial score (nSPS) is 13.4. The summed E-state index contributed by atoms with van der Waals surface area (Å²) < 4.78 is 4.87. The van der Waals surface area contributed by atoms with Crippen molar-refractivity contribution in [1.82, 2.24) is 0 Å². The van der Waals surface area contributed by atoms with Gasteiger partial charge < -0.3 is 4.18 Å². The molecule has 0 aliphatic carbocycles. The first-order valence-electron chi connectivity index (χ1n) is 5.25. The van der Waals surface area contributed by atoms with Gasteiger partial charge in [-0.1, -0.05) is 27.7 Å². The van der Waals surface area contributed by atoms with Crippen LogP contribution in [0.2, 0.25) is 0 Å². The summed E-state index contributed by atoms with van der Waals surface area (Å²) in [6.45, 7) is 9.30. The second-order valence-corrected chi connectivity index (χ2v) is 5.22. The first kappa shape index (κ1) is 14.5. The molecule has 0 heterocycles. The lowest BCUT2D eigenvalue weighted by Gasteiger charge is -2.23. The van der Waals surface area contributed by atoms with Crippen LogP contribution in [-0.4, -0.2) is 17.0 Å². The van der Waals surface area contributed by atoms with Gasteiger partial charge in [-0.3, -0.25) is 9.59 Å². The van der Waals surface area contributed by atoms with Gasteiger partial charge in [0.05, 0.1) is 17.3 Å². The Morgan fingerprint density at radius 2 is 1.87 bits per heavy atom. The molecule has 0 saturated heterocycles. The molecular formula is C11H20O3S. The Morgan fingerprint density at radius 1 is 1.33 bits per heavy atom. The molecule has 4 heteroatoms. The summed E-state index contributed by atoms with van der Waals surface area (Å²) in [7, 11) is 0. The lowest BCUT2D eigenvalue weighted by atomic mass is 9.84. The lowest BCUT2D eigenvalue weighted by molar-refractivity contribution is -0.132. The summed E-state index contributed by atoms with van der Waals surface area (Å²) >= 11 is 0.960. The third-order valence-corrected chi connectivity index (χ3v) is 3.28. The lowest BCUT2D eigenvalue weighted by Crippen LogP contribution is -2.31. The van der Waals surface area contributed by atoms with Crippen molar-refractivity contribution >= 4 is 23.8 Å². The predicted octanol–water partition coefficient (Wildman–Crippen LogP) is 2.98. The molecule has 0 aliphatic rings. The van der Waals surface area contributed by atoms with E-state index in [1.165, 1.54) is 0 Å². The average molecular weight is 232 g/mol. The molecule has 0 N–H and O–H groups in total. The maximum absolute atomic E-state index is 11.9. The summed E-state index contributed by atoms with van der Waals surface area (Å²) in [6.07, 6.45) is 1.13. The van der Waals surface area contributed by atoms with E-state index in [2.05, 4.69) is 0 Å². The Bertz CT molecular complexity index is 236. The third-order valence-electron chi connectivity index (χ3n) is 2.49. The Labute approximate surface area is 96.2 Å². The standard InChI is InChI=1S/C11H20O3S/c1-6-9(12)14-15-8(3)10(13)11(4,5)7-2/h8H,6-7H2,1-5H3. The fraction of sp³-hybridized carbons (Fsp3) is 0.818. The maximum atomic E-state index is 11.9. The van der Waals surface area contributed by atoms with Crippen molar-refractivity contribution in [3.63, 3.8) is 0 Å². The van der Waals surface area contributed by atoms with E-state index in [4.69, 9.17) is 4.18 Å². The van der Waals surface area contributed by atoms with Gasteiger partial charge in [-0.15, -0.1) is 0 Å². The molecule has 0 rings (SSSR count). The van der Waals surface area contributed by atoms with Crippen LogP contribution in [0.5, 0.6) is 0 Å². The Kier molecular flexibility index (Phi) is 5.95. The second kappa shape index (κ2) is 6.16. The summed E-state index contributed by atoms with van der Waals surface area (Å²) in [5, 5.41) is -0.296. The van der Waals surface area contributed by atoms with Crippen molar-refractivity contribution in [3.8, 4) is 0 Å². The van der Waals surface area contributed by atoms with Gasteiger partial charge >= 0.3 is 5.97 Å². The number of carbonyl (C=O) groups excluding carboxylic acids is 2. The van der Waals surface area contributed by atoms with Crippen LogP contribution < -0.4 is 0 Å².